The fraction of sp³-hybridized carbons (Fsp3) is 0.222. The highest BCUT2D eigenvalue weighted by Gasteiger charge is 2.09. The van der Waals surface area contributed by atoms with Gasteiger partial charge in [0.2, 0.25) is 0 Å². The van der Waals surface area contributed by atoms with Crippen LogP contribution in [0.25, 0.3) is 0 Å². The molecule has 0 saturated carbocycles. The minimum atomic E-state index is -0.304. The molecule has 1 nitrogen and oxygen atoms in total. The summed E-state index contributed by atoms with van der Waals surface area (Å²) in [6, 6.07) is 4.80. The second-order valence-corrected chi connectivity index (χ2v) is 4.27. The normalized spacial score (nSPS) is 10.1. The molecule has 0 aliphatic heterocycles. The molecule has 0 radical (unpaired) electrons. The third-order valence-electron chi connectivity index (χ3n) is 1.58. The van der Waals surface area contributed by atoms with E-state index < -0.39 is 0 Å². The van der Waals surface area contributed by atoms with Crippen LogP contribution >= 0.6 is 38.5 Å². The minimum Gasteiger partial charge on any atom is -0.298 e. The van der Waals surface area contributed by atoms with Crippen molar-refractivity contribution in [3.05, 3.63) is 33.1 Å². The van der Waals surface area contributed by atoms with Crippen molar-refractivity contribution in [1.29, 1.82) is 0 Å². The fourth-order valence-corrected chi connectivity index (χ4v) is 1.80. The SMILES string of the molecule is O=C(CBr)Cc1c(F)cccc1I. The Labute approximate surface area is 98.0 Å². The Morgan fingerprint density at radius 3 is 2.77 bits per heavy atom. The van der Waals surface area contributed by atoms with E-state index in [0.717, 1.165) is 3.57 Å². The zero-order chi connectivity index (χ0) is 9.84. The molecule has 1 rings (SSSR count). The summed E-state index contributed by atoms with van der Waals surface area (Å²) < 4.78 is 14.0. The molecule has 0 fully saturated rings. The van der Waals surface area contributed by atoms with Crippen molar-refractivity contribution in [1.82, 2.24) is 0 Å². The Balaban J connectivity index is 2.93. The quantitative estimate of drug-likeness (QED) is 0.601. The van der Waals surface area contributed by atoms with E-state index in [9.17, 15) is 9.18 Å². The number of carbonyl (C=O) groups is 1. The molecule has 70 valence electrons. The molecule has 0 N–H and O–H groups in total. The maximum atomic E-state index is 13.2. The molecule has 0 atom stereocenters. The highest BCUT2D eigenvalue weighted by Crippen LogP contribution is 2.16. The maximum Gasteiger partial charge on any atom is 0.147 e. The second kappa shape index (κ2) is 5.05. The Hall–Kier alpha value is 0.0300. The van der Waals surface area contributed by atoms with E-state index in [2.05, 4.69) is 15.9 Å². The minimum absolute atomic E-state index is 0.0111. The molecule has 0 aromatic heterocycles. The van der Waals surface area contributed by atoms with Gasteiger partial charge in [-0.25, -0.2) is 4.39 Å². The van der Waals surface area contributed by atoms with Crippen molar-refractivity contribution in [2.24, 2.45) is 0 Å². The second-order valence-electron chi connectivity index (χ2n) is 2.55. The Kier molecular flexibility index (Phi) is 4.31. The monoisotopic (exact) mass is 356 g/mol. The summed E-state index contributed by atoms with van der Waals surface area (Å²) in [7, 11) is 0. The molecule has 0 amide bonds. The Bertz CT molecular complexity index is 307. The molecule has 4 heteroatoms. The molecular weight excluding hydrogens is 350 g/mol. The van der Waals surface area contributed by atoms with E-state index in [1.54, 1.807) is 12.1 Å². The van der Waals surface area contributed by atoms with Crippen molar-refractivity contribution in [2.75, 3.05) is 5.33 Å². The zero-order valence-corrected chi connectivity index (χ0v) is 10.4. The molecule has 13 heavy (non-hydrogen) atoms. The van der Waals surface area contributed by atoms with E-state index in [-0.39, 0.29) is 23.4 Å². The van der Waals surface area contributed by atoms with Gasteiger partial charge in [0.05, 0.1) is 5.33 Å². The molecule has 0 aliphatic rings. The van der Waals surface area contributed by atoms with Crippen LogP contribution in [-0.4, -0.2) is 11.1 Å². The first-order valence-electron chi connectivity index (χ1n) is 3.65. The van der Waals surface area contributed by atoms with E-state index in [4.69, 9.17) is 0 Å². The van der Waals surface area contributed by atoms with Gasteiger partial charge in [-0.3, -0.25) is 4.79 Å². The number of benzene rings is 1. The van der Waals surface area contributed by atoms with E-state index in [1.165, 1.54) is 6.07 Å². The molecule has 0 aliphatic carbocycles. The van der Waals surface area contributed by atoms with Crippen molar-refractivity contribution < 1.29 is 9.18 Å². The summed E-state index contributed by atoms with van der Waals surface area (Å²) in [4.78, 5) is 11.1. The van der Waals surface area contributed by atoms with Gasteiger partial charge in [0.1, 0.15) is 11.6 Å². The summed E-state index contributed by atoms with van der Waals surface area (Å²) in [5.74, 6) is -0.316. The first-order chi connectivity index (χ1) is 6.15. The summed E-state index contributed by atoms with van der Waals surface area (Å²) in [5, 5.41) is 0.275. The van der Waals surface area contributed by atoms with Crippen LogP contribution < -0.4 is 0 Å². The number of ketones is 1. The van der Waals surface area contributed by atoms with E-state index in [1.807, 2.05) is 22.6 Å². The smallest absolute Gasteiger partial charge is 0.147 e. The van der Waals surface area contributed by atoms with Crippen LogP contribution in [0.3, 0.4) is 0 Å². The number of Topliss-reactive ketones (excluding diaryl/α,β-unsaturated/α-hetero) is 1. The van der Waals surface area contributed by atoms with Crippen LogP contribution in [0.2, 0.25) is 0 Å². The molecule has 1 aromatic rings. The summed E-state index contributed by atoms with van der Waals surface area (Å²) in [6.07, 6.45) is 0.163. The highest BCUT2D eigenvalue weighted by atomic mass is 127. The highest BCUT2D eigenvalue weighted by molar-refractivity contribution is 14.1. The lowest BCUT2D eigenvalue weighted by molar-refractivity contribution is -0.115. The number of rotatable bonds is 3. The Morgan fingerprint density at radius 2 is 2.23 bits per heavy atom. The van der Waals surface area contributed by atoms with Gasteiger partial charge in [0, 0.05) is 15.6 Å². The van der Waals surface area contributed by atoms with E-state index in [0.29, 0.717) is 5.56 Å². The van der Waals surface area contributed by atoms with Crippen LogP contribution in [0, 0.1) is 9.39 Å². The summed E-state index contributed by atoms with van der Waals surface area (Å²) >= 11 is 5.08. The van der Waals surface area contributed by atoms with Gasteiger partial charge in [0.15, 0.2) is 0 Å². The number of carbonyl (C=O) groups excluding carboxylic acids is 1. The van der Waals surface area contributed by atoms with Crippen LogP contribution in [-0.2, 0) is 11.2 Å². The standard InChI is InChI=1S/C9H7BrFIO/c10-5-6(13)4-7-8(11)2-1-3-9(7)12/h1-3H,4-5H2. The molecule has 0 unspecified atom stereocenters. The van der Waals surface area contributed by atoms with Crippen LogP contribution in [0.15, 0.2) is 18.2 Å². The molecule has 0 saturated heterocycles. The zero-order valence-electron chi connectivity index (χ0n) is 6.69. The lowest BCUT2D eigenvalue weighted by Crippen LogP contribution is -2.06. The number of hydrogen-bond acceptors (Lipinski definition) is 1. The van der Waals surface area contributed by atoms with E-state index >= 15 is 0 Å². The van der Waals surface area contributed by atoms with Gasteiger partial charge in [-0.15, -0.1) is 0 Å². The molecule has 1 aromatic carbocycles. The van der Waals surface area contributed by atoms with Crippen molar-refractivity contribution in [2.45, 2.75) is 6.42 Å². The number of alkyl halides is 1. The first-order valence-corrected chi connectivity index (χ1v) is 5.85. The average molecular weight is 357 g/mol. The van der Waals surface area contributed by atoms with Gasteiger partial charge >= 0.3 is 0 Å². The van der Waals surface area contributed by atoms with Crippen LogP contribution in [0.4, 0.5) is 4.39 Å². The number of halogens is 3. The van der Waals surface area contributed by atoms with Gasteiger partial charge < -0.3 is 0 Å². The van der Waals surface area contributed by atoms with Crippen molar-refractivity contribution in [3.8, 4) is 0 Å². The first kappa shape index (κ1) is 11.1. The third-order valence-corrected chi connectivity index (χ3v) is 3.22. The van der Waals surface area contributed by atoms with Gasteiger partial charge in [-0.1, -0.05) is 22.0 Å². The average Bonchev–Trinajstić information content (AvgIpc) is 2.11. The summed E-state index contributed by atoms with van der Waals surface area (Å²) in [5.41, 5.74) is 0.493. The fourth-order valence-electron chi connectivity index (χ4n) is 0.946. The largest absolute Gasteiger partial charge is 0.298 e. The topological polar surface area (TPSA) is 17.1 Å². The Morgan fingerprint density at radius 1 is 1.54 bits per heavy atom. The van der Waals surface area contributed by atoms with Crippen LogP contribution in [0.1, 0.15) is 5.56 Å². The summed E-state index contributed by atoms with van der Waals surface area (Å²) in [6.45, 7) is 0. The molecule has 0 bridgehead atoms. The maximum absolute atomic E-state index is 13.2. The predicted molar refractivity (Wildman–Crippen MR) is 61.6 cm³/mol. The van der Waals surface area contributed by atoms with Gasteiger partial charge in [-0.2, -0.15) is 0 Å². The van der Waals surface area contributed by atoms with Gasteiger partial charge in [-0.05, 0) is 34.7 Å². The number of hydrogen-bond donors (Lipinski definition) is 0. The van der Waals surface area contributed by atoms with Gasteiger partial charge in [0.25, 0.3) is 0 Å². The lowest BCUT2D eigenvalue weighted by atomic mass is 10.1. The predicted octanol–water partition coefficient (Wildman–Crippen LogP) is 2.94. The lowest BCUT2D eigenvalue weighted by Gasteiger charge is -2.03. The van der Waals surface area contributed by atoms with Crippen molar-refractivity contribution >= 4 is 44.3 Å². The third kappa shape index (κ3) is 3.02. The molecule has 0 spiro atoms. The van der Waals surface area contributed by atoms with Crippen LogP contribution in [0.5, 0.6) is 0 Å². The molecule has 0 heterocycles. The molecular formula is C9H7BrFIO. The van der Waals surface area contributed by atoms with Crippen molar-refractivity contribution in [3.63, 3.8) is 0 Å².